The van der Waals surface area contributed by atoms with E-state index in [-0.39, 0.29) is 5.91 Å². The molecule has 2 aliphatic rings. The van der Waals surface area contributed by atoms with Gasteiger partial charge in [-0.2, -0.15) is 0 Å². The number of rotatable bonds is 5. The molecule has 4 nitrogen and oxygen atoms in total. The molecule has 4 heteroatoms. The van der Waals surface area contributed by atoms with Crippen LogP contribution in [0.25, 0.3) is 0 Å². The van der Waals surface area contributed by atoms with Crippen LogP contribution in [-0.4, -0.2) is 17.6 Å². The summed E-state index contributed by atoms with van der Waals surface area (Å²) in [6.45, 7) is 0.652. The number of nitrogens with one attached hydrogen (secondary N) is 1. The first-order valence-corrected chi connectivity index (χ1v) is 8.97. The van der Waals surface area contributed by atoms with Crippen molar-refractivity contribution in [3.8, 4) is 0 Å². The molecule has 1 aromatic rings. The third-order valence-corrected chi connectivity index (χ3v) is 5.20. The highest BCUT2D eigenvalue weighted by Gasteiger charge is 2.35. The van der Waals surface area contributed by atoms with Crippen LogP contribution in [0.15, 0.2) is 24.3 Å². The molecule has 0 spiro atoms. The summed E-state index contributed by atoms with van der Waals surface area (Å²) in [5.74, 6) is -0.0489. The summed E-state index contributed by atoms with van der Waals surface area (Å²) in [6.07, 6.45) is 10.2. The van der Waals surface area contributed by atoms with E-state index in [4.69, 9.17) is 10.5 Å². The van der Waals surface area contributed by atoms with E-state index in [2.05, 4.69) is 5.32 Å². The summed E-state index contributed by atoms with van der Waals surface area (Å²) >= 11 is 0. The summed E-state index contributed by atoms with van der Waals surface area (Å²) in [7, 11) is 0. The van der Waals surface area contributed by atoms with Gasteiger partial charge in [-0.3, -0.25) is 4.79 Å². The standard InChI is InChI=1S/C19H28N2O2/c20-19(12-4-1-5-13-19)18(22)21-16-10-8-15(9-11-16)14-23-17-6-2-3-7-17/h8-11,17H,1-7,12-14,20H2,(H,21,22). The Balaban J connectivity index is 1.51. The molecule has 0 aliphatic heterocycles. The zero-order chi connectivity index (χ0) is 16.1. The highest BCUT2D eigenvalue weighted by Crippen LogP contribution is 2.27. The topological polar surface area (TPSA) is 64.4 Å². The smallest absolute Gasteiger partial charge is 0.244 e. The third kappa shape index (κ3) is 4.33. The second-order valence-corrected chi connectivity index (χ2v) is 7.09. The van der Waals surface area contributed by atoms with E-state index >= 15 is 0 Å². The van der Waals surface area contributed by atoms with Gasteiger partial charge in [0.05, 0.1) is 18.2 Å². The van der Waals surface area contributed by atoms with E-state index in [1.54, 1.807) is 0 Å². The third-order valence-electron chi connectivity index (χ3n) is 5.20. The highest BCUT2D eigenvalue weighted by molar-refractivity contribution is 5.98. The quantitative estimate of drug-likeness (QED) is 0.869. The van der Waals surface area contributed by atoms with Crippen molar-refractivity contribution in [2.45, 2.75) is 76.0 Å². The Labute approximate surface area is 138 Å². The molecule has 23 heavy (non-hydrogen) atoms. The number of anilines is 1. The van der Waals surface area contributed by atoms with Crippen LogP contribution in [0.4, 0.5) is 5.69 Å². The first kappa shape index (κ1) is 16.5. The second kappa shape index (κ2) is 7.45. The maximum atomic E-state index is 12.4. The lowest BCUT2D eigenvalue weighted by molar-refractivity contribution is -0.122. The number of hydrogen-bond acceptors (Lipinski definition) is 3. The van der Waals surface area contributed by atoms with E-state index in [1.165, 1.54) is 32.1 Å². The van der Waals surface area contributed by atoms with E-state index in [0.29, 0.717) is 12.7 Å². The van der Waals surface area contributed by atoms with Crippen LogP contribution in [0.5, 0.6) is 0 Å². The number of hydrogen-bond donors (Lipinski definition) is 2. The number of ether oxygens (including phenoxy) is 1. The lowest BCUT2D eigenvalue weighted by Crippen LogP contribution is -2.52. The van der Waals surface area contributed by atoms with E-state index in [9.17, 15) is 4.79 Å². The average Bonchev–Trinajstić information content (AvgIpc) is 3.08. The van der Waals surface area contributed by atoms with Crippen LogP contribution in [0, 0.1) is 0 Å². The van der Waals surface area contributed by atoms with Crippen molar-refractivity contribution in [2.75, 3.05) is 5.32 Å². The summed E-state index contributed by atoms with van der Waals surface area (Å²) in [6, 6.07) is 7.93. The highest BCUT2D eigenvalue weighted by atomic mass is 16.5. The van der Waals surface area contributed by atoms with Crippen LogP contribution in [-0.2, 0) is 16.1 Å². The molecule has 1 amide bonds. The van der Waals surface area contributed by atoms with Crippen molar-refractivity contribution in [1.82, 2.24) is 0 Å². The van der Waals surface area contributed by atoms with E-state index < -0.39 is 5.54 Å². The molecule has 3 rings (SSSR count). The minimum atomic E-state index is -0.692. The fourth-order valence-corrected chi connectivity index (χ4v) is 3.62. The van der Waals surface area contributed by atoms with Gasteiger partial charge in [0.1, 0.15) is 0 Å². The maximum absolute atomic E-state index is 12.4. The molecule has 0 unspecified atom stereocenters. The molecular formula is C19H28N2O2. The van der Waals surface area contributed by atoms with Gasteiger partial charge in [-0.05, 0) is 43.4 Å². The Bertz CT molecular complexity index is 515. The van der Waals surface area contributed by atoms with Crippen LogP contribution in [0.3, 0.4) is 0 Å². The molecule has 0 radical (unpaired) electrons. The lowest BCUT2D eigenvalue weighted by Gasteiger charge is -2.31. The molecule has 2 fully saturated rings. The van der Waals surface area contributed by atoms with Gasteiger partial charge in [0.25, 0.3) is 0 Å². The Hall–Kier alpha value is -1.39. The molecule has 126 valence electrons. The van der Waals surface area contributed by atoms with Gasteiger partial charge in [0.2, 0.25) is 5.91 Å². The van der Waals surface area contributed by atoms with Crippen molar-refractivity contribution in [2.24, 2.45) is 5.73 Å². The monoisotopic (exact) mass is 316 g/mol. The van der Waals surface area contributed by atoms with Crippen molar-refractivity contribution in [3.63, 3.8) is 0 Å². The van der Waals surface area contributed by atoms with Gasteiger partial charge in [-0.1, -0.05) is 44.2 Å². The fourth-order valence-electron chi connectivity index (χ4n) is 3.62. The molecule has 2 aliphatic carbocycles. The molecule has 2 saturated carbocycles. The second-order valence-electron chi connectivity index (χ2n) is 7.09. The Morgan fingerprint density at radius 3 is 2.39 bits per heavy atom. The predicted octanol–water partition coefficient (Wildman–Crippen LogP) is 3.75. The zero-order valence-electron chi connectivity index (χ0n) is 13.9. The molecular weight excluding hydrogens is 288 g/mol. The first-order valence-electron chi connectivity index (χ1n) is 8.97. The summed E-state index contributed by atoms with van der Waals surface area (Å²) in [5, 5.41) is 2.97. The first-order chi connectivity index (χ1) is 11.2. The summed E-state index contributed by atoms with van der Waals surface area (Å²) in [4.78, 5) is 12.4. The van der Waals surface area contributed by atoms with Crippen LogP contribution in [0.1, 0.15) is 63.4 Å². The molecule has 1 aromatic carbocycles. The van der Waals surface area contributed by atoms with Gasteiger partial charge < -0.3 is 15.8 Å². The molecule has 0 saturated heterocycles. The van der Waals surface area contributed by atoms with Crippen molar-refractivity contribution in [3.05, 3.63) is 29.8 Å². The summed E-state index contributed by atoms with van der Waals surface area (Å²) in [5.41, 5.74) is 7.54. The normalized spacial score (nSPS) is 21.3. The lowest BCUT2D eigenvalue weighted by atomic mass is 9.82. The molecule has 0 aromatic heterocycles. The number of amides is 1. The van der Waals surface area contributed by atoms with Crippen LogP contribution >= 0.6 is 0 Å². The van der Waals surface area contributed by atoms with Crippen molar-refractivity contribution >= 4 is 11.6 Å². The maximum Gasteiger partial charge on any atom is 0.244 e. The van der Waals surface area contributed by atoms with Gasteiger partial charge in [-0.25, -0.2) is 0 Å². The predicted molar refractivity (Wildman–Crippen MR) is 92.1 cm³/mol. The SMILES string of the molecule is NC1(C(=O)Nc2ccc(COC3CCCC3)cc2)CCCCC1. The minimum Gasteiger partial charge on any atom is -0.374 e. The van der Waals surface area contributed by atoms with E-state index in [1.807, 2.05) is 24.3 Å². The minimum absolute atomic E-state index is 0.0489. The number of carbonyl (C=O) groups is 1. The van der Waals surface area contributed by atoms with Gasteiger partial charge >= 0.3 is 0 Å². The average molecular weight is 316 g/mol. The molecule has 3 N–H and O–H groups in total. The Morgan fingerprint density at radius 1 is 1.09 bits per heavy atom. The summed E-state index contributed by atoms with van der Waals surface area (Å²) < 4.78 is 5.91. The van der Waals surface area contributed by atoms with Crippen LogP contribution in [0.2, 0.25) is 0 Å². The van der Waals surface area contributed by atoms with E-state index in [0.717, 1.165) is 36.9 Å². The Morgan fingerprint density at radius 2 is 1.74 bits per heavy atom. The van der Waals surface area contributed by atoms with Gasteiger partial charge in [0, 0.05) is 5.69 Å². The Kier molecular flexibility index (Phi) is 5.34. The number of benzene rings is 1. The molecule has 0 atom stereocenters. The van der Waals surface area contributed by atoms with Crippen molar-refractivity contribution in [1.29, 1.82) is 0 Å². The van der Waals surface area contributed by atoms with Gasteiger partial charge in [0.15, 0.2) is 0 Å². The van der Waals surface area contributed by atoms with Crippen LogP contribution < -0.4 is 11.1 Å². The molecule has 0 heterocycles. The fraction of sp³-hybridized carbons (Fsp3) is 0.632. The zero-order valence-corrected chi connectivity index (χ0v) is 13.9. The largest absolute Gasteiger partial charge is 0.374 e. The number of nitrogens with two attached hydrogens (primary N) is 1. The van der Waals surface area contributed by atoms with Gasteiger partial charge in [-0.15, -0.1) is 0 Å². The number of carbonyl (C=O) groups excluding carboxylic acids is 1. The molecule has 0 bridgehead atoms. The van der Waals surface area contributed by atoms with Crippen molar-refractivity contribution < 1.29 is 9.53 Å².